The minimum atomic E-state index is 0.285. The maximum Gasteiger partial charge on any atom is 0.138 e. The molecule has 3 aromatic rings. The summed E-state index contributed by atoms with van der Waals surface area (Å²) in [6, 6.07) is 17.2. The Balaban J connectivity index is 2.21. The lowest BCUT2D eigenvalue weighted by Crippen LogP contribution is -1.97. The number of halogens is 3. The summed E-state index contributed by atoms with van der Waals surface area (Å²) < 4.78 is 1.63. The molecule has 0 saturated carbocycles. The van der Waals surface area contributed by atoms with Gasteiger partial charge in [-0.3, -0.25) is 0 Å². The first kappa shape index (κ1) is 14.5. The van der Waals surface area contributed by atoms with E-state index in [4.69, 9.17) is 34.8 Å². The zero-order chi connectivity index (χ0) is 14.8. The van der Waals surface area contributed by atoms with Gasteiger partial charge in [-0.15, -0.1) is 11.6 Å². The molecule has 0 amide bonds. The molecule has 2 aromatic carbocycles. The Kier molecular flexibility index (Phi) is 4.20. The molecule has 0 spiro atoms. The van der Waals surface area contributed by atoms with Gasteiger partial charge in [-0.1, -0.05) is 65.7 Å². The predicted molar refractivity (Wildman–Crippen MR) is 88.6 cm³/mol. The van der Waals surface area contributed by atoms with E-state index in [1.807, 2.05) is 48.5 Å². The number of aromatic nitrogens is 2. The molecule has 0 N–H and O–H groups in total. The first-order valence-corrected chi connectivity index (χ1v) is 7.65. The Hall–Kier alpha value is -1.48. The number of benzene rings is 2. The second kappa shape index (κ2) is 6.10. The number of para-hydroxylation sites is 1. The summed E-state index contributed by atoms with van der Waals surface area (Å²) in [5.41, 5.74) is 3.28. The van der Waals surface area contributed by atoms with Crippen molar-refractivity contribution < 1.29 is 0 Å². The van der Waals surface area contributed by atoms with E-state index in [1.165, 1.54) is 0 Å². The van der Waals surface area contributed by atoms with Crippen LogP contribution in [0.3, 0.4) is 0 Å². The summed E-state index contributed by atoms with van der Waals surface area (Å²) in [6.45, 7) is 0. The van der Waals surface area contributed by atoms with Crippen LogP contribution in [0.2, 0.25) is 10.2 Å². The molecule has 0 aliphatic rings. The smallest absolute Gasteiger partial charge is 0.138 e. The van der Waals surface area contributed by atoms with Crippen molar-refractivity contribution in [2.45, 2.75) is 5.88 Å². The molecule has 1 aromatic heterocycles. The molecule has 3 rings (SSSR count). The zero-order valence-electron chi connectivity index (χ0n) is 10.9. The van der Waals surface area contributed by atoms with Crippen molar-refractivity contribution in [1.82, 2.24) is 9.78 Å². The fraction of sp³-hybridized carbons (Fsp3) is 0.0625. The molecule has 0 atom stereocenters. The van der Waals surface area contributed by atoms with Gasteiger partial charge in [0, 0.05) is 11.1 Å². The Bertz CT molecular complexity index is 766. The van der Waals surface area contributed by atoms with Gasteiger partial charge >= 0.3 is 0 Å². The normalized spacial score (nSPS) is 10.8. The van der Waals surface area contributed by atoms with E-state index in [1.54, 1.807) is 10.7 Å². The molecule has 2 nitrogen and oxygen atoms in total. The molecule has 0 radical (unpaired) electrons. The zero-order valence-corrected chi connectivity index (χ0v) is 13.2. The van der Waals surface area contributed by atoms with E-state index in [0.717, 1.165) is 22.5 Å². The highest BCUT2D eigenvalue weighted by Crippen LogP contribution is 2.33. The summed E-state index contributed by atoms with van der Waals surface area (Å²) in [5, 5.41) is 5.67. The van der Waals surface area contributed by atoms with Crippen LogP contribution in [0.5, 0.6) is 0 Å². The molecule has 106 valence electrons. The second-order valence-electron chi connectivity index (χ2n) is 4.48. The van der Waals surface area contributed by atoms with Crippen molar-refractivity contribution in [1.29, 1.82) is 0 Å². The molecule has 0 aliphatic heterocycles. The Labute approximate surface area is 137 Å². The van der Waals surface area contributed by atoms with Gasteiger partial charge < -0.3 is 0 Å². The topological polar surface area (TPSA) is 17.8 Å². The quantitative estimate of drug-likeness (QED) is 0.570. The van der Waals surface area contributed by atoms with Crippen LogP contribution in [0, 0.1) is 0 Å². The maximum absolute atomic E-state index is 6.44. The van der Waals surface area contributed by atoms with Gasteiger partial charge in [0.2, 0.25) is 0 Å². The molecular formula is C16H11Cl3N2. The highest BCUT2D eigenvalue weighted by molar-refractivity contribution is 6.34. The van der Waals surface area contributed by atoms with Gasteiger partial charge in [-0.25, -0.2) is 4.68 Å². The number of alkyl halides is 1. The summed E-state index contributed by atoms with van der Waals surface area (Å²) in [7, 11) is 0. The first-order valence-electron chi connectivity index (χ1n) is 6.36. The molecule has 5 heteroatoms. The number of nitrogens with zero attached hydrogens (tertiary/aromatic N) is 2. The summed E-state index contributed by atoms with van der Waals surface area (Å²) in [5.74, 6) is 0.285. The third-order valence-corrected chi connectivity index (χ3v) is 4.16. The van der Waals surface area contributed by atoms with Gasteiger partial charge in [-0.2, -0.15) is 5.10 Å². The number of rotatable bonds is 3. The lowest BCUT2D eigenvalue weighted by molar-refractivity contribution is 0.885. The van der Waals surface area contributed by atoms with Gasteiger partial charge in [0.1, 0.15) is 5.15 Å². The SMILES string of the molecule is ClCc1c(-c2ccccc2)nn(-c2ccccc2Cl)c1Cl. The van der Waals surface area contributed by atoms with Gasteiger partial charge in [-0.05, 0) is 12.1 Å². The third-order valence-electron chi connectivity index (χ3n) is 3.18. The second-order valence-corrected chi connectivity index (χ2v) is 5.51. The Morgan fingerprint density at radius 3 is 2.24 bits per heavy atom. The van der Waals surface area contributed by atoms with Crippen molar-refractivity contribution in [3.8, 4) is 16.9 Å². The average molecular weight is 338 g/mol. The van der Waals surface area contributed by atoms with E-state index in [0.29, 0.717) is 10.2 Å². The monoisotopic (exact) mass is 336 g/mol. The van der Waals surface area contributed by atoms with Crippen LogP contribution in [-0.4, -0.2) is 9.78 Å². The molecule has 0 fully saturated rings. The predicted octanol–water partition coefficient (Wildman–Crippen LogP) is 5.58. The van der Waals surface area contributed by atoms with Crippen molar-refractivity contribution in [2.24, 2.45) is 0 Å². The van der Waals surface area contributed by atoms with Gasteiger partial charge in [0.15, 0.2) is 0 Å². The molecule has 0 saturated heterocycles. The fourth-order valence-corrected chi connectivity index (χ4v) is 2.98. The van der Waals surface area contributed by atoms with Gasteiger partial charge in [0.25, 0.3) is 0 Å². The summed E-state index contributed by atoms with van der Waals surface area (Å²) in [4.78, 5) is 0. The van der Waals surface area contributed by atoms with Crippen molar-refractivity contribution in [3.05, 3.63) is 70.3 Å². The minimum absolute atomic E-state index is 0.285. The maximum atomic E-state index is 6.44. The fourth-order valence-electron chi connectivity index (χ4n) is 2.16. The Morgan fingerprint density at radius 2 is 1.57 bits per heavy atom. The largest absolute Gasteiger partial charge is 0.220 e. The molecule has 0 aliphatic carbocycles. The van der Waals surface area contributed by atoms with Crippen LogP contribution in [0.15, 0.2) is 54.6 Å². The lowest BCUT2D eigenvalue weighted by Gasteiger charge is -2.05. The first-order chi connectivity index (χ1) is 10.2. The van der Waals surface area contributed by atoms with Crippen LogP contribution in [0.25, 0.3) is 16.9 Å². The van der Waals surface area contributed by atoms with Crippen molar-refractivity contribution >= 4 is 34.8 Å². The van der Waals surface area contributed by atoms with E-state index < -0.39 is 0 Å². The molecule has 1 heterocycles. The minimum Gasteiger partial charge on any atom is -0.220 e. The van der Waals surface area contributed by atoms with Crippen molar-refractivity contribution in [2.75, 3.05) is 0 Å². The van der Waals surface area contributed by atoms with Crippen LogP contribution in [0.1, 0.15) is 5.56 Å². The van der Waals surface area contributed by atoms with E-state index in [9.17, 15) is 0 Å². The van der Waals surface area contributed by atoms with E-state index in [2.05, 4.69) is 5.10 Å². The summed E-state index contributed by atoms with van der Waals surface area (Å²) in [6.07, 6.45) is 0. The van der Waals surface area contributed by atoms with Gasteiger partial charge in [0.05, 0.1) is 22.3 Å². The highest BCUT2D eigenvalue weighted by Gasteiger charge is 2.18. The molecular weight excluding hydrogens is 327 g/mol. The number of hydrogen-bond acceptors (Lipinski definition) is 1. The number of hydrogen-bond donors (Lipinski definition) is 0. The van der Waals surface area contributed by atoms with Crippen LogP contribution in [-0.2, 0) is 5.88 Å². The van der Waals surface area contributed by atoms with E-state index in [-0.39, 0.29) is 5.88 Å². The lowest BCUT2D eigenvalue weighted by atomic mass is 10.1. The van der Waals surface area contributed by atoms with Crippen molar-refractivity contribution in [3.63, 3.8) is 0 Å². The Morgan fingerprint density at radius 1 is 0.905 bits per heavy atom. The van der Waals surface area contributed by atoms with Crippen LogP contribution < -0.4 is 0 Å². The molecule has 21 heavy (non-hydrogen) atoms. The standard InChI is InChI=1S/C16H11Cl3N2/c17-10-12-15(11-6-2-1-3-7-11)20-21(16(12)19)14-9-5-4-8-13(14)18/h1-9H,10H2. The summed E-state index contributed by atoms with van der Waals surface area (Å²) >= 11 is 18.7. The third kappa shape index (κ3) is 2.67. The van der Waals surface area contributed by atoms with Crippen LogP contribution >= 0.6 is 34.8 Å². The van der Waals surface area contributed by atoms with Crippen LogP contribution in [0.4, 0.5) is 0 Å². The molecule has 0 bridgehead atoms. The average Bonchev–Trinajstić information content (AvgIpc) is 2.85. The highest BCUT2D eigenvalue weighted by atomic mass is 35.5. The molecule has 0 unspecified atom stereocenters. The van der Waals surface area contributed by atoms with E-state index >= 15 is 0 Å².